The Hall–Kier alpha value is -2.31. The number of amides is 1. The lowest BCUT2D eigenvalue weighted by Gasteiger charge is -2.24. The Balaban J connectivity index is 1.65. The number of hydrogen-bond acceptors (Lipinski definition) is 2. The number of benzene rings is 1. The van der Waals surface area contributed by atoms with Gasteiger partial charge in [-0.15, -0.1) is 0 Å². The van der Waals surface area contributed by atoms with Gasteiger partial charge in [0.25, 0.3) is 0 Å². The quantitative estimate of drug-likeness (QED) is 0.815. The summed E-state index contributed by atoms with van der Waals surface area (Å²) in [5.41, 5.74) is 0.300. The van der Waals surface area contributed by atoms with Crippen LogP contribution in [0, 0.1) is 0 Å². The van der Waals surface area contributed by atoms with Gasteiger partial charge in [0.05, 0.1) is 0 Å². The van der Waals surface area contributed by atoms with Crippen molar-refractivity contribution in [3.05, 3.63) is 53.9 Å². The van der Waals surface area contributed by atoms with E-state index in [1.807, 2.05) is 18.2 Å². The maximum Gasteiger partial charge on any atom is 0.435 e. The van der Waals surface area contributed by atoms with Crippen molar-refractivity contribution < 1.29 is 18.0 Å². The highest BCUT2D eigenvalue weighted by atomic mass is 19.4. The van der Waals surface area contributed by atoms with Gasteiger partial charge < -0.3 is 4.90 Å². The number of likely N-dealkylation sites (tertiary alicyclic amines) is 1. The number of carbonyl (C=O) groups excluding carboxylic acids is 1. The first-order valence-electron chi connectivity index (χ1n) is 8.82. The molecule has 4 nitrogen and oxygen atoms in total. The molecule has 0 N–H and O–H groups in total. The smallest absolute Gasteiger partial charge is 0.341 e. The fourth-order valence-corrected chi connectivity index (χ4v) is 3.46. The van der Waals surface area contributed by atoms with Crippen molar-refractivity contribution in [3.63, 3.8) is 0 Å². The molecule has 2 heterocycles. The molecule has 1 aliphatic rings. The molecule has 1 saturated heterocycles. The summed E-state index contributed by atoms with van der Waals surface area (Å²) in [5.74, 6) is 0.223. The minimum atomic E-state index is -4.50. The third-order valence-electron chi connectivity index (χ3n) is 4.96. The van der Waals surface area contributed by atoms with Crippen molar-refractivity contribution in [2.24, 2.45) is 0 Å². The first-order valence-corrected chi connectivity index (χ1v) is 8.82. The van der Waals surface area contributed by atoms with E-state index in [0.29, 0.717) is 19.0 Å². The number of halogens is 3. The summed E-state index contributed by atoms with van der Waals surface area (Å²) >= 11 is 0. The summed E-state index contributed by atoms with van der Waals surface area (Å²) in [6, 6.07) is 10.4. The molecule has 1 aromatic heterocycles. The Morgan fingerprint density at radius 2 is 1.88 bits per heavy atom. The molecule has 26 heavy (non-hydrogen) atoms. The largest absolute Gasteiger partial charge is 0.435 e. The molecule has 1 aliphatic heterocycles. The Morgan fingerprint density at radius 1 is 1.15 bits per heavy atom. The van der Waals surface area contributed by atoms with Gasteiger partial charge in [0, 0.05) is 19.3 Å². The predicted octanol–water partition coefficient (Wildman–Crippen LogP) is 4.26. The molecule has 0 aliphatic carbocycles. The van der Waals surface area contributed by atoms with Crippen LogP contribution in [0.2, 0.25) is 0 Å². The van der Waals surface area contributed by atoms with E-state index >= 15 is 0 Å². The summed E-state index contributed by atoms with van der Waals surface area (Å²) in [6.45, 7) is 2.82. The van der Waals surface area contributed by atoms with Crippen LogP contribution in [0.1, 0.15) is 49.4 Å². The minimum absolute atomic E-state index is 0.185. The topological polar surface area (TPSA) is 38.1 Å². The number of aromatic nitrogens is 2. The Labute approximate surface area is 150 Å². The second kappa shape index (κ2) is 7.51. The van der Waals surface area contributed by atoms with Crippen molar-refractivity contribution in [1.82, 2.24) is 14.7 Å². The minimum Gasteiger partial charge on any atom is -0.341 e. The van der Waals surface area contributed by atoms with Gasteiger partial charge in [0.2, 0.25) is 5.91 Å². The molecule has 1 fully saturated rings. The molecular formula is C19H22F3N3O. The normalized spacial score (nSPS) is 19.8. The fraction of sp³-hybridized carbons (Fsp3) is 0.474. The van der Waals surface area contributed by atoms with Crippen LogP contribution >= 0.6 is 0 Å². The van der Waals surface area contributed by atoms with E-state index in [-0.39, 0.29) is 5.91 Å². The van der Waals surface area contributed by atoms with Crippen LogP contribution in [0.3, 0.4) is 0 Å². The van der Waals surface area contributed by atoms with E-state index in [2.05, 4.69) is 17.2 Å². The number of alkyl halides is 3. The summed E-state index contributed by atoms with van der Waals surface area (Å²) in [4.78, 5) is 14.5. The molecule has 0 spiro atoms. The van der Waals surface area contributed by atoms with Gasteiger partial charge in [-0.25, -0.2) is 0 Å². The third kappa shape index (κ3) is 4.08. The number of carbonyl (C=O) groups is 1. The van der Waals surface area contributed by atoms with Crippen LogP contribution in [0.25, 0.3) is 0 Å². The number of hydrogen-bond donors (Lipinski definition) is 0. The van der Waals surface area contributed by atoms with Crippen LogP contribution in [-0.4, -0.2) is 33.7 Å². The lowest BCUT2D eigenvalue weighted by molar-refractivity contribution is -0.142. The zero-order valence-corrected chi connectivity index (χ0v) is 14.6. The van der Waals surface area contributed by atoms with Crippen LogP contribution in [0.5, 0.6) is 0 Å². The summed E-state index contributed by atoms with van der Waals surface area (Å²) in [5, 5.41) is 3.53. The second-order valence-electron chi connectivity index (χ2n) is 6.72. The van der Waals surface area contributed by atoms with E-state index < -0.39 is 17.9 Å². The zero-order valence-electron chi connectivity index (χ0n) is 14.6. The van der Waals surface area contributed by atoms with Crippen molar-refractivity contribution >= 4 is 5.91 Å². The maximum absolute atomic E-state index is 12.7. The van der Waals surface area contributed by atoms with E-state index in [4.69, 9.17) is 0 Å². The van der Waals surface area contributed by atoms with Crippen molar-refractivity contribution in [1.29, 1.82) is 0 Å². The third-order valence-corrected chi connectivity index (χ3v) is 4.96. The van der Waals surface area contributed by atoms with Gasteiger partial charge in [0.1, 0.15) is 6.04 Å². The standard InChI is InChI=1S/C19H22F3N3O/c1-14(25-13-10-17(23-25)19(20,21)22)18(26)24-11-5-8-16(9-12-24)15-6-3-2-4-7-15/h2-4,6-7,10,13-14,16H,5,8-9,11-12H2,1H3. The highest BCUT2D eigenvalue weighted by molar-refractivity contribution is 5.80. The number of nitrogens with zero attached hydrogens (tertiary/aromatic N) is 3. The van der Waals surface area contributed by atoms with E-state index in [9.17, 15) is 18.0 Å². The molecule has 1 amide bonds. The van der Waals surface area contributed by atoms with Crippen LogP contribution in [-0.2, 0) is 11.0 Å². The lowest BCUT2D eigenvalue weighted by Crippen LogP contribution is -2.37. The van der Waals surface area contributed by atoms with E-state index in [1.54, 1.807) is 11.8 Å². The Morgan fingerprint density at radius 3 is 2.54 bits per heavy atom. The van der Waals surface area contributed by atoms with Gasteiger partial charge >= 0.3 is 6.18 Å². The average Bonchev–Trinajstić information content (AvgIpc) is 3.00. The molecule has 2 unspecified atom stereocenters. The van der Waals surface area contributed by atoms with Gasteiger partial charge in [0.15, 0.2) is 5.69 Å². The molecule has 140 valence electrons. The van der Waals surface area contributed by atoms with Crippen LogP contribution in [0.15, 0.2) is 42.6 Å². The molecule has 0 bridgehead atoms. The molecule has 1 aromatic carbocycles. The first-order chi connectivity index (χ1) is 12.4. The predicted molar refractivity (Wildman–Crippen MR) is 91.6 cm³/mol. The summed E-state index contributed by atoms with van der Waals surface area (Å²) < 4.78 is 39.2. The zero-order chi connectivity index (χ0) is 18.7. The maximum atomic E-state index is 12.7. The molecule has 2 aromatic rings. The van der Waals surface area contributed by atoms with Gasteiger partial charge in [-0.1, -0.05) is 30.3 Å². The Kier molecular flexibility index (Phi) is 5.34. The second-order valence-corrected chi connectivity index (χ2v) is 6.72. The van der Waals surface area contributed by atoms with Crippen molar-refractivity contribution in [3.8, 4) is 0 Å². The highest BCUT2D eigenvalue weighted by Crippen LogP contribution is 2.30. The molecule has 7 heteroatoms. The summed E-state index contributed by atoms with van der Waals surface area (Å²) in [6.07, 6.45) is -0.544. The van der Waals surface area contributed by atoms with E-state index in [0.717, 1.165) is 30.0 Å². The van der Waals surface area contributed by atoms with E-state index in [1.165, 1.54) is 11.8 Å². The van der Waals surface area contributed by atoms with Crippen LogP contribution in [0.4, 0.5) is 13.2 Å². The number of rotatable bonds is 3. The molecule has 2 atom stereocenters. The van der Waals surface area contributed by atoms with Gasteiger partial charge in [-0.3, -0.25) is 9.48 Å². The van der Waals surface area contributed by atoms with Crippen LogP contribution < -0.4 is 0 Å². The Bertz CT molecular complexity index is 742. The molecule has 0 saturated carbocycles. The lowest BCUT2D eigenvalue weighted by atomic mass is 9.92. The first kappa shape index (κ1) is 18.5. The van der Waals surface area contributed by atoms with Gasteiger partial charge in [-0.05, 0) is 43.7 Å². The van der Waals surface area contributed by atoms with Crippen molar-refractivity contribution in [2.45, 2.75) is 44.3 Å². The SMILES string of the molecule is CC(C(=O)N1CCCC(c2ccccc2)CC1)n1ccc(C(F)(F)F)n1. The monoisotopic (exact) mass is 365 g/mol. The summed E-state index contributed by atoms with van der Waals surface area (Å²) in [7, 11) is 0. The molecule has 0 radical (unpaired) electrons. The average molecular weight is 365 g/mol. The van der Waals surface area contributed by atoms with Gasteiger partial charge in [-0.2, -0.15) is 18.3 Å². The molecule has 3 rings (SSSR count). The van der Waals surface area contributed by atoms with Crippen molar-refractivity contribution in [2.75, 3.05) is 13.1 Å². The highest BCUT2D eigenvalue weighted by Gasteiger charge is 2.35. The molecular weight excluding hydrogens is 343 g/mol. The fourth-order valence-electron chi connectivity index (χ4n) is 3.46.